The number of nitrogens with one attached hydrogen (secondary N) is 2. The number of nitrogens with zero attached hydrogens (tertiary/aromatic N) is 1. The van der Waals surface area contributed by atoms with E-state index in [1.165, 1.54) is 40.0 Å². The molecule has 7 N–H and O–H groups in total. The van der Waals surface area contributed by atoms with Crippen LogP contribution >= 0.6 is 0 Å². The lowest BCUT2D eigenvalue weighted by atomic mass is 9.44. The van der Waals surface area contributed by atoms with Crippen LogP contribution in [-0.2, 0) is 38.1 Å². The van der Waals surface area contributed by atoms with Crippen LogP contribution in [0.4, 0.5) is 9.18 Å². The van der Waals surface area contributed by atoms with E-state index in [-0.39, 0.29) is 63.6 Å². The van der Waals surface area contributed by atoms with Gasteiger partial charge in [-0.25, -0.2) is 14.0 Å². The van der Waals surface area contributed by atoms with E-state index in [0.717, 1.165) is 0 Å². The highest BCUT2D eigenvalue weighted by atomic mass is 19.1. The number of aliphatic hydroxyl groups is 5. The van der Waals surface area contributed by atoms with Crippen LogP contribution in [0.15, 0.2) is 23.8 Å². The normalized spacial score (nSPS) is 44.5. The van der Waals surface area contributed by atoms with Gasteiger partial charge < -0.3 is 60.0 Å². The van der Waals surface area contributed by atoms with E-state index >= 15 is 4.39 Å². The third-order valence-corrected chi connectivity index (χ3v) is 17.1. The summed E-state index contributed by atoms with van der Waals surface area (Å²) in [4.78, 5) is 68.7. The second-order valence-corrected chi connectivity index (χ2v) is 21.9. The number of methoxy groups -OCH3 is 1. The number of hydrogen-bond donors (Lipinski definition) is 7. The average Bonchev–Trinajstić information content (AvgIpc) is 3.49. The highest BCUT2D eigenvalue weighted by molar-refractivity contribution is 6.01. The number of esters is 3. The summed E-state index contributed by atoms with van der Waals surface area (Å²) >= 11 is 0. The maximum Gasteiger partial charge on any atom is 0.407 e. The Bertz CT molecular complexity index is 1950. The lowest BCUT2D eigenvalue weighted by molar-refractivity contribution is -0.235. The molecule has 0 aromatic carbocycles. The van der Waals surface area contributed by atoms with Gasteiger partial charge in [0.15, 0.2) is 17.6 Å². The van der Waals surface area contributed by atoms with Gasteiger partial charge in [0, 0.05) is 54.3 Å². The number of rotatable bonds is 10. The van der Waals surface area contributed by atoms with Crippen LogP contribution in [-0.4, -0.2) is 160 Å². The maximum absolute atomic E-state index is 17.8. The fraction of sp³-hybridized carbons (Fsp3) is 0.820. The van der Waals surface area contributed by atoms with Crippen molar-refractivity contribution < 1.29 is 72.8 Å². The predicted octanol–water partition coefficient (Wildman–Crippen LogP) is 3.31. The van der Waals surface area contributed by atoms with E-state index in [1.54, 1.807) is 59.6 Å². The Morgan fingerprint density at radius 2 is 1.66 bits per heavy atom. The van der Waals surface area contributed by atoms with Crippen LogP contribution in [0.3, 0.4) is 0 Å². The molecule has 386 valence electrons. The first-order valence-corrected chi connectivity index (χ1v) is 24.5. The van der Waals surface area contributed by atoms with Crippen LogP contribution in [0, 0.1) is 46.3 Å². The fourth-order valence-electron chi connectivity index (χ4n) is 13.0. The van der Waals surface area contributed by atoms with Crippen molar-refractivity contribution in [2.45, 2.75) is 173 Å². The molecule has 0 aromatic rings. The number of carbonyl (C=O) groups excluding carboxylic acids is 5. The number of likely N-dealkylation sites (N-methyl/N-ethyl adjacent to an activating group) is 1. The molecule has 0 radical (unpaired) electrons. The summed E-state index contributed by atoms with van der Waals surface area (Å²) < 4.78 is 41.0. The Labute approximate surface area is 400 Å². The Balaban J connectivity index is 1.23. The van der Waals surface area contributed by atoms with Crippen molar-refractivity contribution in [1.29, 1.82) is 0 Å². The van der Waals surface area contributed by atoms with Crippen molar-refractivity contribution in [3.8, 4) is 0 Å². The molecule has 0 aromatic heterocycles. The van der Waals surface area contributed by atoms with Crippen molar-refractivity contribution in [3.63, 3.8) is 0 Å². The first kappa shape index (κ1) is 55.4. The summed E-state index contributed by atoms with van der Waals surface area (Å²) in [6.45, 7) is 17.1. The first-order valence-electron chi connectivity index (χ1n) is 24.5. The molecular weight excluding hydrogens is 886 g/mol. The van der Waals surface area contributed by atoms with E-state index < -0.39 is 123 Å². The van der Waals surface area contributed by atoms with Crippen molar-refractivity contribution >= 4 is 29.8 Å². The zero-order valence-electron chi connectivity index (χ0n) is 42.2. The van der Waals surface area contributed by atoms with Gasteiger partial charge in [-0.1, -0.05) is 46.3 Å². The number of aliphatic hydroxyl groups excluding tert-OH is 3. The molecule has 0 bridgehead atoms. The monoisotopic (exact) mass is 966 g/mol. The molecular formula is C50H80FN3O14. The number of ketones is 1. The average molecular weight is 966 g/mol. The quantitative estimate of drug-likeness (QED) is 0.123. The molecule has 18 atom stereocenters. The molecule has 1 aliphatic heterocycles. The summed E-state index contributed by atoms with van der Waals surface area (Å²) in [6.07, 6.45) is -2.29. The summed E-state index contributed by atoms with van der Waals surface area (Å²) in [6, 6.07) is -0.719. The Morgan fingerprint density at radius 1 is 1.00 bits per heavy atom. The molecule has 4 fully saturated rings. The Hall–Kier alpha value is -3.52. The summed E-state index contributed by atoms with van der Waals surface area (Å²) in [5, 5.41) is 63.2. The van der Waals surface area contributed by atoms with Gasteiger partial charge in [-0.3, -0.25) is 14.4 Å². The van der Waals surface area contributed by atoms with Gasteiger partial charge in [-0.2, -0.15) is 0 Å². The lowest BCUT2D eigenvalue weighted by Crippen LogP contribution is -2.70. The van der Waals surface area contributed by atoms with Gasteiger partial charge in [0.25, 0.3) is 0 Å². The molecule has 3 saturated carbocycles. The topological polar surface area (TPSA) is 251 Å². The van der Waals surface area contributed by atoms with Crippen molar-refractivity contribution in [2.75, 3.05) is 40.3 Å². The standard InChI is InChI=1S/C50H80FN3O14/c1-13-37-48(10,64)41(31(6)53-26-27(2)24-47(9,63)40(59)29(4)39(58)30(5)42(60)66-37)67-44(62)52-19-21-54(11)20-17-38(57)68-50(43(61)65-12)28(3)22-35-34-15-14-32-23-33(55)16-18-45(32,7)49(34,51)36(56)25-46(35,50)8/h16,18,23,27-31,34-37,39-41,53,56,58-59,63-64H,13-15,17,19-22,24-26H2,1-12H3,(H,52,62)/t27-,28-,29+,30-,31-,34?,35?,36+,37-,39+,40-,41?,45+,46+,47-,48-,49+,50+/m1/s1. The van der Waals surface area contributed by atoms with Gasteiger partial charge >= 0.3 is 24.0 Å². The van der Waals surface area contributed by atoms with Gasteiger partial charge in [-0.15, -0.1) is 0 Å². The summed E-state index contributed by atoms with van der Waals surface area (Å²) in [5.41, 5.74) is -9.32. The number of amides is 1. The minimum absolute atomic E-state index is 0.0432. The number of halogens is 1. The third-order valence-electron chi connectivity index (χ3n) is 17.1. The third kappa shape index (κ3) is 9.90. The van der Waals surface area contributed by atoms with Crippen molar-refractivity contribution in [1.82, 2.24) is 15.5 Å². The molecule has 18 heteroatoms. The van der Waals surface area contributed by atoms with Gasteiger partial charge in [0.1, 0.15) is 11.7 Å². The smallest absolute Gasteiger partial charge is 0.407 e. The number of alkyl carbamates (subject to hydrolysis) is 1. The van der Waals surface area contributed by atoms with Crippen molar-refractivity contribution in [3.05, 3.63) is 23.8 Å². The molecule has 1 heterocycles. The van der Waals surface area contributed by atoms with Gasteiger partial charge in [0.05, 0.1) is 43.4 Å². The van der Waals surface area contributed by atoms with Crippen LogP contribution in [0.2, 0.25) is 0 Å². The van der Waals surface area contributed by atoms with Crippen LogP contribution in [0.5, 0.6) is 0 Å². The summed E-state index contributed by atoms with van der Waals surface area (Å²) in [7, 11) is 2.93. The van der Waals surface area contributed by atoms with E-state index in [4.69, 9.17) is 18.9 Å². The molecule has 0 spiro atoms. The lowest BCUT2D eigenvalue weighted by Gasteiger charge is -2.62. The molecule has 5 rings (SSSR count). The maximum atomic E-state index is 17.8. The second-order valence-electron chi connectivity index (χ2n) is 21.9. The molecule has 1 saturated heterocycles. The Kier molecular flexibility index (Phi) is 16.8. The van der Waals surface area contributed by atoms with Crippen LogP contribution in [0.25, 0.3) is 0 Å². The molecule has 17 nitrogen and oxygen atoms in total. The van der Waals surface area contributed by atoms with E-state index in [1.807, 2.05) is 6.92 Å². The van der Waals surface area contributed by atoms with E-state index in [0.29, 0.717) is 24.8 Å². The van der Waals surface area contributed by atoms with Crippen LogP contribution in [0.1, 0.15) is 114 Å². The molecule has 3 unspecified atom stereocenters. The number of ether oxygens (including phenoxy) is 4. The highest BCUT2D eigenvalue weighted by Crippen LogP contribution is 2.71. The van der Waals surface area contributed by atoms with Crippen LogP contribution < -0.4 is 10.6 Å². The number of hydrogen-bond acceptors (Lipinski definition) is 16. The van der Waals surface area contributed by atoms with Crippen molar-refractivity contribution in [2.24, 2.45) is 46.3 Å². The number of cyclic esters (lactones) is 1. The molecule has 1 amide bonds. The largest absolute Gasteiger partial charge is 0.466 e. The van der Waals surface area contributed by atoms with Gasteiger partial charge in [0.2, 0.25) is 5.60 Å². The zero-order valence-corrected chi connectivity index (χ0v) is 42.2. The highest BCUT2D eigenvalue weighted by Gasteiger charge is 2.78. The molecule has 4 aliphatic carbocycles. The number of carbonyl (C=O) groups is 5. The SMILES string of the molecule is CC[C@H]1OC(=O)[C@H](C)[C@@H](O)[C@H](C)[C@@H](O)[C@](C)(O)C[C@@H](C)CN[C@H](C)C(OC(=O)NCCN(C)CCC(=O)O[C@]2(C(=O)OC)[C@H](C)CC3C4CCC5=CC(=O)C=C[C@]5(C)[C@@]4(F)[C@@H](O)C[C@@]32C)[C@]1(C)O. The first-order chi connectivity index (χ1) is 31.5. The van der Waals surface area contributed by atoms with E-state index in [2.05, 4.69) is 10.6 Å². The Morgan fingerprint density at radius 3 is 2.29 bits per heavy atom. The van der Waals surface area contributed by atoms with E-state index in [9.17, 15) is 49.5 Å². The number of allylic oxidation sites excluding steroid dienone is 4. The predicted molar refractivity (Wildman–Crippen MR) is 247 cm³/mol. The minimum atomic E-state index is -2.14. The minimum Gasteiger partial charge on any atom is -0.466 e. The second kappa shape index (κ2) is 20.7. The fourth-order valence-corrected chi connectivity index (χ4v) is 13.0. The summed E-state index contributed by atoms with van der Waals surface area (Å²) in [5.74, 6) is -6.59. The number of alkyl halides is 1. The van der Waals surface area contributed by atoms with Gasteiger partial charge in [-0.05, 0) is 111 Å². The zero-order chi connectivity index (χ0) is 51.1. The molecule has 68 heavy (non-hydrogen) atoms. The molecule has 5 aliphatic rings. The number of fused-ring (bicyclic) bond motifs is 5.